The monoisotopic (exact) mass is 345 g/mol. The zero-order valence-electron chi connectivity index (χ0n) is 15.5. The first-order valence-corrected chi connectivity index (χ1v) is 9.00. The largest absolute Gasteiger partial charge is 0.448 e. The van der Waals surface area contributed by atoms with Gasteiger partial charge in [0.25, 0.3) is 5.91 Å². The Morgan fingerprint density at radius 3 is 2.88 bits per heavy atom. The Morgan fingerprint density at radius 1 is 1.40 bits per heavy atom. The second-order valence-corrected chi connectivity index (χ2v) is 7.81. The number of piperidine rings is 1. The highest BCUT2D eigenvalue weighted by Gasteiger charge is 2.28. The Labute approximate surface area is 148 Å². The van der Waals surface area contributed by atoms with E-state index in [2.05, 4.69) is 36.1 Å². The third kappa shape index (κ3) is 3.91. The van der Waals surface area contributed by atoms with Gasteiger partial charge in [-0.05, 0) is 18.8 Å². The molecule has 0 aliphatic carbocycles. The number of amides is 1. The third-order valence-electron chi connectivity index (χ3n) is 4.72. The summed E-state index contributed by atoms with van der Waals surface area (Å²) in [5.41, 5.74) is 1.45. The van der Waals surface area contributed by atoms with Crippen LogP contribution in [-0.4, -0.2) is 43.9 Å². The minimum Gasteiger partial charge on any atom is -0.448 e. The van der Waals surface area contributed by atoms with Crippen LogP contribution < -0.4 is 0 Å². The molecule has 0 radical (unpaired) electrons. The first-order valence-electron chi connectivity index (χ1n) is 9.00. The van der Waals surface area contributed by atoms with Crippen molar-refractivity contribution in [2.24, 2.45) is 5.92 Å². The highest BCUT2D eigenvalue weighted by atomic mass is 16.3. The molecule has 2 aromatic heterocycles. The van der Waals surface area contributed by atoms with E-state index in [9.17, 15) is 4.79 Å². The number of likely N-dealkylation sites (tertiary alicyclic amines) is 1. The lowest BCUT2D eigenvalue weighted by atomic mass is 9.93. The van der Waals surface area contributed by atoms with E-state index in [1.165, 1.54) is 6.39 Å². The molecule has 1 unspecified atom stereocenters. The van der Waals surface area contributed by atoms with Gasteiger partial charge in [-0.15, -0.1) is 5.10 Å². The summed E-state index contributed by atoms with van der Waals surface area (Å²) in [5, 5.41) is 8.54. The van der Waals surface area contributed by atoms with E-state index in [1.54, 1.807) is 0 Å². The van der Waals surface area contributed by atoms with Gasteiger partial charge in [0, 0.05) is 37.7 Å². The summed E-state index contributed by atoms with van der Waals surface area (Å²) in [4.78, 5) is 18.8. The minimum atomic E-state index is -0.0238. The lowest BCUT2D eigenvalue weighted by Gasteiger charge is -2.32. The number of nitrogens with zero attached hydrogens (tertiary/aromatic N) is 5. The topological polar surface area (TPSA) is 77.0 Å². The van der Waals surface area contributed by atoms with E-state index < -0.39 is 0 Å². The van der Waals surface area contributed by atoms with Gasteiger partial charge in [-0.2, -0.15) is 0 Å². The SMILES string of the molecule is CCc1ocnc1C(=O)N1CCCC(Cn2cc(C(C)(C)C)nn2)C1. The molecule has 1 saturated heterocycles. The molecule has 0 N–H and O–H groups in total. The summed E-state index contributed by atoms with van der Waals surface area (Å²) in [5.74, 6) is 1.02. The maximum absolute atomic E-state index is 12.7. The van der Waals surface area contributed by atoms with Gasteiger partial charge in [-0.1, -0.05) is 32.9 Å². The number of rotatable bonds is 4. The molecular weight excluding hydrogens is 318 g/mol. The van der Waals surface area contributed by atoms with Crippen LogP contribution in [0.2, 0.25) is 0 Å². The highest BCUT2D eigenvalue weighted by molar-refractivity contribution is 5.93. The van der Waals surface area contributed by atoms with Crippen LogP contribution in [0.25, 0.3) is 0 Å². The second kappa shape index (κ2) is 6.98. The van der Waals surface area contributed by atoms with Crippen molar-refractivity contribution in [1.29, 1.82) is 0 Å². The Morgan fingerprint density at radius 2 is 2.20 bits per heavy atom. The molecule has 1 fully saturated rings. The van der Waals surface area contributed by atoms with Crippen LogP contribution >= 0.6 is 0 Å². The first kappa shape index (κ1) is 17.6. The minimum absolute atomic E-state index is 0.00365. The molecule has 3 heterocycles. The average Bonchev–Trinajstić information content (AvgIpc) is 3.22. The number of aryl methyl sites for hydroxylation is 1. The van der Waals surface area contributed by atoms with Crippen molar-refractivity contribution in [2.45, 2.75) is 58.9 Å². The zero-order chi connectivity index (χ0) is 18.0. The van der Waals surface area contributed by atoms with Crippen LogP contribution in [0.1, 0.15) is 62.5 Å². The van der Waals surface area contributed by atoms with Gasteiger partial charge >= 0.3 is 0 Å². The van der Waals surface area contributed by atoms with Crippen molar-refractivity contribution in [2.75, 3.05) is 13.1 Å². The maximum atomic E-state index is 12.7. The zero-order valence-corrected chi connectivity index (χ0v) is 15.5. The summed E-state index contributed by atoms with van der Waals surface area (Å²) in [6.07, 6.45) is 6.14. The summed E-state index contributed by atoms with van der Waals surface area (Å²) in [6, 6.07) is 0. The van der Waals surface area contributed by atoms with Gasteiger partial charge in [0.15, 0.2) is 12.1 Å². The van der Waals surface area contributed by atoms with Gasteiger partial charge in [0.2, 0.25) is 0 Å². The Bertz CT molecular complexity index is 728. The molecule has 0 spiro atoms. The van der Waals surface area contributed by atoms with Gasteiger partial charge < -0.3 is 9.32 Å². The second-order valence-electron chi connectivity index (χ2n) is 7.81. The summed E-state index contributed by atoms with van der Waals surface area (Å²) in [7, 11) is 0. The smallest absolute Gasteiger partial charge is 0.276 e. The number of oxazole rings is 1. The van der Waals surface area contributed by atoms with Crippen LogP contribution in [0.3, 0.4) is 0 Å². The molecule has 136 valence electrons. The van der Waals surface area contributed by atoms with Crippen LogP contribution in [0, 0.1) is 5.92 Å². The van der Waals surface area contributed by atoms with Crippen LogP contribution in [-0.2, 0) is 18.4 Å². The number of hydrogen-bond donors (Lipinski definition) is 0. The molecule has 1 aliphatic heterocycles. The Balaban J connectivity index is 1.65. The molecule has 1 aliphatic rings. The molecule has 0 saturated carbocycles. The molecule has 7 heteroatoms. The van der Waals surface area contributed by atoms with Crippen molar-refractivity contribution in [1.82, 2.24) is 24.9 Å². The maximum Gasteiger partial charge on any atom is 0.276 e. The molecule has 0 aromatic carbocycles. The van der Waals surface area contributed by atoms with Crippen molar-refractivity contribution >= 4 is 5.91 Å². The fourth-order valence-electron chi connectivity index (χ4n) is 3.24. The summed E-state index contributed by atoms with van der Waals surface area (Å²) >= 11 is 0. The Kier molecular flexibility index (Phi) is 4.92. The number of aromatic nitrogens is 4. The highest BCUT2D eigenvalue weighted by Crippen LogP contribution is 2.23. The van der Waals surface area contributed by atoms with E-state index in [4.69, 9.17) is 4.42 Å². The summed E-state index contributed by atoms with van der Waals surface area (Å²) in [6.45, 7) is 10.6. The van der Waals surface area contributed by atoms with Gasteiger partial charge in [-0.25, -0.2) is 4.98 Å². The molecule has 1 amide bonds. The van der Waals surface area contributed by atoms with E-state index >= 15 is 0 Å². The number of carbonyl (C=O) groups excluding carboxylic acids is 1. The summed E-state index contributed by atoms with van der Waals surface area (Å²) < 4.78 is 7.21. The van der Waals surface area contributed by atoms with Gasteiger partial charge in [-0.3, -0.25) is 9.48 Å². The predicted octanol–water partition coefficient (Wildman–Crippen LogP) is 2.68. The first-order chi connectivity index (χ1) is 11.9. The number of carbonyl (C=O) groups is 1. The molecule has 7 nitrogen and oxygen atoms in total. The predicted molar refractivity (Wildman–Crippen MR) is 93.2 cm³/mol. The van der Waals surface area contributed by atoms with Gasteiger partial charge in [0.05, 0.1) is 5.69 Å². The normalized spacial score (nSPS) is 18.6. The fraction of sp³-hybridized carbons (Fsp3) is 0.667. The van der Waals surface area contributed by atoms with Crippen molar-refractivity contribution in [3.05, 3.63) is 29.7 Å². The molecule has 1 atom stereocenters. The quantitative estimate of drug-likeness (QED) is 0.851. The molecule has 2 aromatic rings. The molecule has 3 rings (SSSR count). The molecular formula is C18H27N5O2. The molecule has 0 bridgehead atoms. The fourth-order valence-corrected chi connectivity index (χ4v) is 3.24. The van der Waals surface area contributed by atoms with Crippen molar-refractivity contribution in [3.63, 3.8) is 0 Å². The lowest BCUT2D eigenvalue weighted by molar-refractivity contribution is 0.0652. The van der Waals surface area contributed by atoms with Crippen LogP contribution in [0.4, 0.5) is 0 Å². The standard InChI is InChI=1S/C18H27N5O2/c1-5-14-16(19-12-25-14)17(24)22-8-6-7-13(9-22)10-23-11-15(20-21-23)18(2,3)4/h11-13H,5-10H2,1-4H3. The Hall–Kier alpha value is -2.18. The van der Waals surface area contributed by atoms with E-state index in [0.717, 1.165) is 38.2 Å². The lowest BCUT2D eigenvalue weighted by Crippen LogP contribution is -2.41. The third-order valence-corrected chi connectivity index (χ3v) is 4.72. The van der Waals surface area contributed by atoms with E-state index in [0.29, 0.717) is 23.8 Å². The van der Waals surface area contributed by atoms with E-state index in [-0.39, 0.29) is 11.3 Å². The van der Waals surface area contributed by atoms with E-state index in [1.807, 2.05) is 22.7 Å². The average molecular weight is 345 g/mol. The van der Waals surface area contributed by atoms with Crippen molar-refractivity contribution in [3.8, 4) is 0 Å². The number of hydrogen-bond acceptors (Lipinski definition) is 5. The van der Waals surface area contributed by atoms with Gasteiger partial charge in [0.1, 0.15) is 5.76 Å². The van der Waals surface area contributed by atoms with Crippen molar-refractivity contribution < 1.29 is 9.21 Å². The van der Waals surface area contributed by atoms with Crippen LogP contribution in [0.15, 0.2) is 17.0 Å². The molecule has 25 heavy (non-hydrogen) atoms. The van der Waals surface area contributed by atoms with Crippen LogP contribution in [0.5, 0.6) is 0 Å².